The van der Waals surface area contributed by atoms with E-state index in [-0.39, 0.29) is 31.6 Å². The lowest BCUT2D eigenvalue weighted by Crippen LogP contribution is -2.13. The second-order valence-electron chi connectivity index (χ2n) is 4.17. The molecule has 0 fully saturated rings. The first-order chi connectivity index (χ1) is 9.97. The molecule has 2 N–H and O–H groups in total. The molecular weight excluding hydrogens is 407 g/mol. The first kappa shape index (κ1) is 18.3. The average molecular weight is 424 g/mol. The molecule has 0 saturated carbocycles. The van der Waals surface area contributed by atoms with Crippen LogP contribution in [0.4, 0.5) is 0 Å². The van der Waals surface area contributed by atoms with Gasteiger partial charge in [0, 0.05) is 16.9 Å². The van der Waals surface area contributed by atoms with Crippen LogP contribution in [-0.4, -0.2) is 45.4 Å². The summed E-state index contributed by atoms with van der Waals surface area (Å²) < 4.78 is 11.5. The number of ether oxygens (including phenoxy) is 2. The van der Waals surface area contributed by atoms with Crippen molar-refractivity contribution in [3.8, 4) is 11.8 Å². The van der Waals surface area contributed by atoms with Gasteiger partial charge in [-0.2, -0.15) is 22.4 Å². The molecule has 0 saturated heterocycles. The van der Waals surface area contributed by atoms with Crippen LogP contribution >= 0.6 is 30.8 Å². The number of carbonyl (C=O) groups excluding carboxylic acids is 1. The van der Waals surface area contributed by atoms with Crippen molar-refractivity contribution in [2.24, 2.45) is 0 Å². The molecule has 1 radical (unpaired) electrons. The SMILES string of the molecule is C=C(C)C(=O)OCCOCCn1c(O)cc(P[B]I)c1O. The highest BCUT2D eigenvalue weighted by molar-refractivity contribution is 14.1. The normalized spacial score (nSPS) is 11.0. The summed E-state index contributed by atoms with van der Waals surface area (Å²) in [5.74, 6) is -0.387. The van der Waals surface area contributed by atoms with E-state index in [4.69, 9.17) is 9.47 Å². The molecule has 6 nitrogen and oxygen atoms in total. The summed E-state index contributed by atoms with van der Waals surface area (Å²) in [6, 6.07) is 1.54. The highest BCUT2D eigenvalue weighted by atomic mass is 127. The third kappa shape index (κ3) is 5.88. The summed E-state index contributed by atoms with van der Waals surface area (Å²) in [5.41, 5.74) is 0.345. The first-order valence-corrected chi connectivity index (χ1v) is 8.50. The largest absolute Gasteiger partial charge is 0.494 e. The summed E-state index contributed by atoms with van der Waals surface area (Å²) in [7, 11) is 0.327. The van der Waals surface area contributed by atoms with Crippen molar-refractivity contribution in [3.05, 3.63) is 18.2 Å². The maximum Gasteiger partial charge on any atom is 0.333 e. The lowest BCUT2D eigenvalue weighted by molar-refractivity contribution is -0.140. The Morgan fingerprint density at radius 1 is 1.48 bits per heavy atom. The minimum Gasteiger partial charge on any atom is -0.494 e. The molecule has 1 aromatic heterocycles. The van der Waals surface area contributed by atoms with Gasteiger partial charge in [-0.25, -0.2) is 4.79 Å². The van der Waals surface area contributed by atoms with Gasteiger partial charge in [-0.3, -0.25) is 4.57 Å². The Balaban J connectivity index is 2.30. The molecule has 1 atom stereocenters. The summed E-state index contributed by atoms with van der Waals surface area (Å²) >= 11 is 2.10. The Labute approximate surface area is 139 Å². The van der Waals surface area contributed by atoms with Gasteiger partial charge in [0.1, 0.15) is 6.61 Å². The third-order valence-corrected chi connectivity index (χ3v) is 4.25. The molecule has 1 unspecified atom stereocenters. The molecule has 1 rings (SSSR count). The Morgan fingerprint density at radius 3 is 2.81 bits per heavy atom. The van der Waals surface area contributed by atoms with Crippen LogP contribution in [0.1, 0.15) is 6.92 Å². The van der Waals surface area contributed by atoms with Crippen LogP contribution in [0.15, 0.2) is 18.2 Å². The molecular formula is C12H17BINO5P. The Kier molecular flexibility index (Phi) is 8.14. The number of halogens is 1. The van der Waals surface area contributed by atoms with Crippen molar-refractivity contribution < 1.29 is 24.5 Å². The third-order valence-electron chi connectivity index (χ3n) is 2.53. The number of rotatable bonds is 9. The highest BCUT2D eigenvalue weighted by Gasteiger charge is 2.13. The predicted octanol–water partition coefficient (Wildman–Crippen LogP) is 1.31. The van der Waals surface area contributed by atoms with Crippen LogP contribution in [0.25, 0.3) is 0 Å². The molecule has 1 heterocycles. The summed E-state index contributed by atoms with van der Waals surface area (Å²) in [6.45, 7) is 6.04. The number of aromatic nitrogens is 1. The molecule has 0 aromatic carbocycles. The van der Waals surface area contributed by atoms with Gasteiger partial charge in [-0.05, 0) is 6.92 Å². The van der Waals surface area contributed by atoms with Gasteiger partial charge in [0.25, 0.3) is 0 Å². The summed E-state index contributed by atoms with van der Waals surface area (Å²) in [4.78, 5) is 13.0. The average Bonchev–Trinajstić information content (AvgIpc) is 2.69. The van der Waals surface area contributed by atoms with Gasteiger partial charge < -0.3 is 19.7 Å². The highest BCUT2D eigenvalue weighted by Crippen LogP contribution is 2.26. The van der Waals surface area contributed by atoms with Crippen molar-refractivity contribution in [2.45, 2.75) is 13.5 Å². The lowest BCUT2D eigenvalue weighted by atomic mass is 10.4. The Hall–Kier alpha value is -0.725. The maximum absolute atomic E-state index is 11.1. The van der Waals surface area contributed by atoms with Crippen molar-refractivity contribution in [1.82, 2.24) is 4.57 Å². The first-order valence-electron chi connectivity index (χ1n) is 6.17. The fourth-order valence-electron chi connectivity index (χ4n) is 1.49. The van der Waals surface area contributed by atoms with Gasteiger partial charge in [0.15, 0.2) is 5.88 Å². The van der Waals surface area contributed by atoms with Gasteiger partial charge in [0.05, 0.1) is 19.8 Å². The van der Waals surface area contributed by atoms with Crippen molar-refractivity contribution in [2.75, 3.05) is 19.8 Å². The number of nitrogens with zero attached hydrogens (tertiary/aromatic N) is 1. The molecule has 21 heavy (non-hydrogen) atoms. The second kappa shape index (κ2) is 9.32. The predicted molar refractivity (Wildman–Crippen MR) is 92.1 cm³/mol. The lowest BCUT2D eigenvalue weighted by Gasteiger charge is -2.08. The minimum atomic E-state index is -0.444. The summed E-state index contributed by atoms with van der Waals surface area (Å²) in [6.07, 6.45) is 0. The van der Waals surface area contributed by atoms with Gasteiger partial charge in [-0.1, -0.05) is 6.58 Å². The molecule has 9 heteroatoms. The van der Waals surface area contributed by atoms with Crippen LogP contribution in [0, 0.1) is 0 Å². The van der Waals surface area contributed by atoms with Gasteiger partial charge in [0.2, 0.25) is 10.7 Å². The van der Waals surface area contributed by atoms with E-state index in [1.807, 2.05) is 4.86 Å². The van der Waals surface area contributed by atoms with E-state index >= 15 is 0 Å². The molecule has 1 aromatic rings. The Morgan fingerprint density at radius 2 is 2.19 bits per heavy atom. The van der Waals surface area contributed by atoms with Gasteiger partial charge >= 0.3 is 5.97 Å². The summed E-state index contributed by atoms with van der Waals surface area (Å²) in [5, 5.41) is 20.4. The fraction of sp³-hybridized carbons (Fsp3) is 0.417. The van der Waals surface area contributed by atoms with Crippen molar-refractivity contribution in [3.63, 3.8) is 0 Å². The zero-order chi connectivity index (χ0) is 15.8. The fourth-order valence-corrected chi connectivity index (χ4v) is 3.09. The van der Waals surface area contributed by atoms with Crippen LogP contribution in [0.5, 0.6) is 11.8 Å². The van der Waals surface area contributed by atoms with E-state index in [1.54, 1.807) is 6.92 Å². The van der Waals surface area contributed by atoms with Crippen molar-refractivity contribution >= 4 is 47.0 Å². The van der Waals surface area contributed by atoms with Crippen LogP contribution in [0.3, 0.4) is 0 Å². The number of aromatic hydroxyl groups is 2. The minimum absolute atomic E-state index is 0.00515. The molecule has 0 aliphatic carbocycles. The van der Waals surface area contributed by atoms with E-state index in [0.29, 0.717) is 25.9 Å². The topological polar surface area (TPSA) is 80.9 Å². The number of carbonyl (C=O) groups is 1. The van der Waals surface area contributed by atoms with E-state index in [1.165, 1.54) is 10.6 Å². The second-order valence-corrected chi connectivity index (χ2v) is 7.09. The number of esters is 1. The van der Waals surface area contributed by atoms with Crippen LogP contribution in [0.2, 0.25) is 0 Å². The molecule has 0 amide bonds. The molecule has 115 valence electrons. The van der Waals surface area contributed by atoms with Crippen molar-refractivity contribution in [1.29, 1.82) is 0 Å². The molecule has 0 aliphatic rings. The molecule has 0 bridgehead atoms. The van der Waals surface area contributed by atoms with Crippen LogP contribution in [-0.2, 0) is 20.8 Å². The smallest absolute Gasteiger partial charge is 0.333 e. The Bertz CT molecular complexity index is 508. The van der Waals surface area contributed by atoms with E-state index in [0.717, 1.165) is 0 Å². The molecule has 0 spiro atoms. The maximum atomic E-state index is 11.1. The number of hydrogen-bond acceptors (Lipinski definition) is 5. The van der Waals surface area contributed by atoms with E-state index < -0.39 is 5.97 Å². The van der Waals surface area contributed by atoms with E-state index in [9.17, 15) is 15.0 Å². The zero-order valence-electron chi connectivity index (χ0n) is 11.6. The van der Waals surface area contributed by atoms with Crippen LogP contribution < -0.4 is 5.30 Å². The molecule has 0 aliphatic heterocycles. The zero-order valence-corrected chi connectivity index (χ0v) is 14.8. The standard InChI is InChI=1S/C12H17BINO5P/c1-8(2)12(18)20-6-5-19-4-3-15-10(16)7-9(11(15)17)21-13-14/h7,16-17,21H,1,3-6H2,2H3. The monoisotopic (exact) mass is 424 g/mol. The van der Waals surface area contributed by atoms with E-state index in [2.05, 4.69) is 29.0 Å². The van der Waals surface area contributed by atoms with Gasteiger partial charge in [-0.15, -0.1) is 8.46 Å². The quantitative estimate of drug-likeness (QED) is 0.156. The number of hydrogen-bond donors (Lipinski definition) is 2.